The van der Waals surface area contributed by atoms with Crippen molar-refractivity contribution in [1.82, 2.24) is 0 Å². The number of nitro benzene ring substituents is 1. The minimum Gasteiger partial charge on any atom is -0.372 e. The monoisotopic (exact) mass is 354 g/mol. The fourth-order valence-corrected chi connectivity index (χ4v) is 2.78. The van der Waals surface area contributed by atoms with Gasteiger partial charge in [0, 0.05) is 6.07 Å². The quantitative estimate of drug-likeness (QED) is 0.577. The highest BCUT2D eigenvalue weighted by atomic mass is 16.6. The van der Waals surface area contributed by atoms with E-state index in [2.05, 4.69) is 16.0 Å². The van der Waals surface area contributed by atoms with E-state index in [1.807, 2.05) is 26.0 Å². The topological polar surface area (TPSA) is 113 Å². The van der Waals surface area contributed by atoms with Gasteiger partial charge in [0.05, 0.1) is 22.7 Å². The number of nitrogens with zero attached hydrogens (tertiary/aromatic N) is 1. The molecule has 1 aliphatic heterocycles. The van der Waals surface area contributed by atoms with E-state index in [0.717, 1.165) is 16.8 Å². The first-order chi connectivity index (χ1) is 12.3. The SMILES string of the molecule is Cc1cc2c(cc1C)N[C@H](CC(=O)Nc1ccccc1[N+](=O)[O-])C(=O)N2. The predicted octanol–water partition coefficient (Wildman–Crippen LogP) is 2.97. The number of nitro groups is 1. The lowest BCUT2D eigenvalue weighted by Crippen LogP contribution is -2.41. The van der Waals surface area contributed by atoms with Crippen molar-refractivity contribution < 1.29 is 14.5 Å². The van der Waals surface area contributed by atoms with Gasteiger partial charge in [-0.25, -0.2) is 0 Å². The molecule has 1 atom stereocenters. The molecule has 1 aliphatic rings. The van der Waals surface area contributed by atoms with Gasteiger partial charge in [0.2, 0.25) is 11.8 Å². The number of amides is 2. The third-order valence-electron chi connectivity index (χ3n) is 4.30. The van der Waals surface area contributed by atoms with Crippen molar-refractivity contribution in [2.45, 2.75) is 26.3 Å². The number of para-hydroxylation sites is 2. The smallest absolute Gasteiger partial charge is 0.292 e. The molecule has 2 aromatic rings. The second kappa shape index (κ2) is 6.83. The lowest BCUT2D eigenvalue weighted by Gasteiger charge is -2.27. The number of aryl methyl sites for hydroxylation is 2. The van der Waals surface area contributed by atoms with Crippen molar-refractivity contribution in [3.05, 3.63) is 57.6 Å². The normalized spacial score (nSPS) is 15.5. The predicted molar refractivity (Wildman–Crippen MR) is 98.3 cm³/mol. The van der Waals surface area contributed by atoms with Crippen LogP contribution in [0, 0.1) is 24.0 Å². The Balaban J connectivity index is 1.73. The standard InChI is InChI=1S/C18H18N4O4/c1-10-7-13-14(8-11(10)2)21-18(24)15(19-13)9-17(23)20-12-5-3-4-6-16(12)22(25)26/h3-8,15,19H,9H2,1-2H3,(H,20,23)(H,21,24)/t15-/m1/s1. The molecular weight excluding hydrogens is 336 g/mol. The van der Waals surface area contributed by atoms with E-state index in [0.29, 0.717) is 5.69 Å². The highest BCUT2D eigenvalue weighted by molar-refractivity contribution is 6.06. The van der Waals surface area contributed by atoms with E-state index < -0.39 is 16.9 Å². The van der Waals surface area contributed by atoms with Crippen LogP contribution in [0.15, 0.2) is 36.4 Å². The molecule has 0 spiro atoms. The molecule has 0 saturated carbocycles. The number of hydrogen-bond donors (Lipinski definition) is 3. The first kappa shape index (κ1) is 17.4. The lowest BCUT2D eigenvalue weighted by molar-refractivity contribution is -0.383. The zero-order valence-electron chi connectivity index (χ0n) is 14.3. The molecule has 0 unspecified atom stereocenters. The van der Waals surface area contributed by atoms with E-state index in [-0.39, 0.29) is 23.7 Å². The number of carbonyl (C=O) groups is 2. The number of hydrogen-bond acceptors (Lipinski definition) is 5. The van der Waals surface area contributed by atoms with E-state index in [9.17, 15) is 19.7 Å². The van der Waals surface area contributed by atoms with Crippen LogP contribution in [-0.2, 0) is 9.59 Å². The number of nitrogens with one attached hydrogen (secondary N) is 3. The molecule has 1 heterocycles. The van der Waals surface area contributed by atoms with Crippen LogP contribution in [0.5, 0.6) is 0 Å². The van der Waals surface area contributed by atoms with Crippen LogP contribution in [0.2, 0.25) is 0 Å². The molecule has 8 heteroatoms. The Morgan fingerprint density at radius 3 is 2.54 bits per heavy atom. The van der Waals surface area contributed by atoms with Gasteiger partial charge in [-0.1, -0.05) is 12.1 Å². The van der Waals surface area contributed by atoms with Crippen molar-refractivity contribution >= 4 is 34.6 Å². The molecule has 0 aliphatic carbocycles. The van der Waals surface area contributed by atoms with E-state index >= 15 is 0 Å². The Kier molecular flexibility index (Phi) is 4.57. The average Bonchev–Trinajstić information content (AvgIpc) is 2.58. The van der Waals surface area contributed by atoms with Crippen molar-refractivity contribution in [2.24, 2.45) is 0 Å². The number of fused-ring (bicyclic) bond motifs is 1. The molecule has 2 amide bonds. The third kappa shape index (κ3) is 3.49. The van der Waals surface area contributed by atoms with Crippen LogP contribution in [0.3, 0.4) is 0 Å². The molecule has 0 bridgehead atoms. The molecule has 134 valence electrons. The van der Waals surface area contributed by atoms with Gasteiger partial charge < -0.3 is 16.0 Å². The summed E-state index contributed by atoms with van der Waals surface area (Å²) in [5.74, 6) is -0.808. The highest BCUT2D eigenvalue weighted by Gasteiger charge is 2.28. The number of carbonyl (C=O) groups excluding carboxylic acids is 2. The molecule has 3 rings (SSSR count). The summed E-state index contributed by atoms with van der Waals surface area (Å²) in [6.45, 7) is 3.91. The van der Waals surface area contributed by atoms with Crippen molar-refractivity contribution in [3.8, 4) is 0 Å². The minimum atomic E-state index is -0.757. The molecule has 0 saturated heterocycles. The summed E-state index contributed by atoms with van der Waals surface area (Å²) in [5, 5.41) is 19.4. The number of anilines is 3. The van der Waals surface area contributed by atoms with Gasteiger partial charge in [0.1, 0.15) is 11.7 Å². The van der Waals surface area contributed by atoms with Crippen LogP contribution in [0.4, 0.5) is 22.7 Å². The van der Waals surface area contributed by atoms with E-state index in [1.54, 1.807) is 6.07 Å². The maximum absolute atomic E-state index is 12.3. The maximum atomic E-state index is 12.3. The van der Waals surface area contributed by atoms with Gasteiger partial charge in [-0.15, -0.1) is 0 Å². The van der Waals surface area contributed by atoms with Crippen LogP contribution in [0.1, 0.15) is 17.5 Å². The summed E-state index contributed by atoms with van der Waals surface area (Å²) in [6, 6.07) is 8.90. The second-order valence-corrected chi connectivity index (χ2v) is 6.19. The third-order valence-corrected chi connectivity index (χ3v) is 4.30. The van der Waals surface area contributed by atoms with Gasteiger partial charge in [-0.05, 0) is 43.2 Å². The largest absolute Gasteiger partial charge is 0.372 e. The zero-order valence-corrected chi connectivity index (χ0v) is 14.3. The lowest BCUT2D eigenvalue weighted by atomic mass is 10.0. The van der Waals surface area contributed by atoms with Gasteiger partial charge in [-0.3, -0.25) is 19.7 Å². The van der Waals surface area contributed by atoms with Crippen LogP contribution >= 0.6 is 0 Å². The minimum absolute atomic E-state index is 0.102. The molecule has 0 fully saturated rings. The van der Waals surface area contributed by atoms with Crippen molar-refractivity contribution in [3.63, 3.8) is 0 Å². The number of benzene rings is 2. The Morgan fingerprint density at radius 2 is 1.85 bits per heavy atom. The highest BCUT2D eigenvalue weighted by Crippen LogP contribution is 2.30. The fraction of sp³-hybridized carbons (Fsp3) is 0.222. The van der Waals surface area contributed by atoms with E-state index in [4.69, 9.17) is 0 Å². The Hall–Kier alpha value is -3.42. The van der Waals surface area contributed by atoms with Crippen LogP contribution < -0.4 is 16.0 Å². The summed E-state index contributed by atoms with van der Waals surface area (Å²) in [7, 11) is 0. The molecule has 2 aromatic carbocycles. The summed E-state index contributed by atoms with van der Waals surface area (Å²) < 4.78 is 0. The van der Waals surface area contributed by atoms with Crippen molar-refractivity contribution in [2.75, 3.05) is 16.0 Å². The van der Waals surface area contributed by atoms with E-state index in [1.165, 1.54) is 18.2 Å². The van der Waals surface area contributed by atoms with Gasteiger partial charge in [-0.2, -0.15) is 0 Å². The summed E-state index contributed by atoms with van der Waals surface area (Å²) >= 11 is 0. The molecule has 8 nitrogen and oxygen atoms in total. The second-order valence-electron chi connectivity index (χ2n) is 6.19. The Bertz CT molecular complexity index is 910. The summed E-state index contributed by atoms with van der Waals surface area (Å²) in [4.78, 5) is 35.0. The first-order valence-electron chi connectivity index (χ1n) is 8.07. The molecular formula is C18H18N4O4. The fourth-order valence-electron chi connectivity index (χ4n) is 2.78. The first-order valence-corrected chi connectivity index (χ1v) is 8.07. The van der Waals surface area contributed by atoms with Crippen LogP contribution in [-0.4, -0.2) is 22.8 Å². The molecule has 26 heavy (non-hydrogen) atoms. The Labute approximate surface area is 149 Å². The summed E-state index contributed by atoms with van der Waals surface area (Å²) in [5.41, 5.74) is 3.45. The van der Waals surface area contributed by atoms with Crippen molar-refractivity contribution in [1.29, 1.82) is 0 Å². The Morgan fingerprint density at radius 1 is 1.19 bits per heavy atom. The molecule has 3 N–H and O–H groups in total. The zero-order chi connectivity index (χ0) is 18.8. The molecule has 0 aromatic heterocycles. The average molecular weight is 354 g/mol. The number of rotatable bonds is 4. The van der Waals surface area contributed by atoms with Gasteiger partial charge >= 0.3 is 0 Å². The van der Waals surface area contributed by atoms with Gasteiger partial charge in [0.25, 0.3) is 5.69 Å². The molecule has 0 radical (unpaired) electrons. The maximum Gasteiger partial charge on any atom is 0.292 e. The van der Waals surface area contributed by atoms with Gasteiger partial charge in [0.15, 0.2) is 0 Å². The summed E-state index contributed by atoms with van der Waals surface area (Å²) in [6.07, 6.45) is -0.149. The van der Waals surface area contributed by atoms with Crippen LogP contribution in [0.25, 0.3) is 0 Å².